The fourth-order valence-electron chi connectivity index (χ4n) is 0.902. The Hall–Kier alpha value is -1.14. The van der Waals surface area contributed by atoms with Crippen molar-refractivity contribution in [2.24, 2.45) is 0 Å². The van der Waals surface area contributed by atoms with Gasteiger partial charge in [-0.1, -0.05) is 0 Å². The summed E-state index contributed by atoms with van der Waals surface area (Å²) < 4.78 is 20.8. The minimum atomic E-state index is -1.18. The van der Waals surface area contributed by atoms with Crippen LogP contribution in [0.5, 0.6) is 0 Å². The Labute approximate surface area is 83.1 Å². The Morgan fingerprint density at radius 3 is 2.86 bits per heavy atom. The van der Waals surface area contributed by atoms with Crippen molar-refractivity contribution < 1.29 is 23.3 Å². The van der Waals surface area contributed by atoms with Gasteiger partial charge in [0.2, 0.25) is 5.76 Å². The van der Waals surface area contributed by atoms with Gasteiger partial charge in [0.1, 0.15) is 11.7 Å². The molecule has 0 saturated heterocycles. The first-order valence-electron chi connectivity index (χ1n) is 3.79. The predicted octanol–water partition coefficient (Wildman–Crippen LogP) is 0.830. The maximum Gasteiger partial charge on any atom is 0.371 e. The molecule has 1 aromatic heterocycles. The summed E-state index contributed by atoms with van der Waals surface area (Å²) in [5.41, 5.74) is 0. The van der Waals surface area contributed by atoms with Crippen LogP contribution in [0.3, 0.4) is 0 Å². The first-order valence-corrected chi connectivity index (χ1v) is 5.28. The number of methoxy groups -OCH3 is 1. The van der Waals surface area contributed by atoms with Gasteiger partial charge in [-0.25, -0.2) is 4.79 Å². The largest absolute Gasteiger partial charge is 0.475 e. The van der Waals surface area contributed by atoms with Crippen LogP contribution in [-0.2, 0) is 21.3 Å². The van der Waals surface area contributed by atoms with Gasteiger partial charge in [0.25, 0.3) is 0 Å². The molecule has 14 heavy (non-hydrogen) atoms. The van der Waals surface area contributed by atoms with Gasteiger partial charge in [-0.05, 0) is 12.1 Å². The van der Waals surface area contributed by atoms with Crippen molar-refractivity contribution in [3.63, 3.8) is 0 Å². The lowest BCUT2D eigenvalue weighted by Crippen LogP contribution is -2.01. The molecule has 0 bridgehead atoms. The van der Waals surface area contributed by atoms with Crippen molar-refractivity contribution in [1.82, 2.24) is 0 Å². The second kappa shape index (κ2) is 4.92. The maximum atomic E-state index is 11.2. The third-order valence-electron chi connectivity index (χ3n) is 1.42. The molecule has 1 atom stereocenters. The topological polar surface area (TPSA) is 76.7 Å². The van der Waals surface area contributed by atoms with Gasteiger partial charge in [-0.15, -0.1) is 0 Å². The van der Waals surface area contributed by atoms with E-state index in [1.165, 1.54) is 19.2 Å². The molecule has 0 aromatic carbocycles. The number of aromatic carboxylic acids is 1. The van der Waals surface area contributed by atoms with Gasteiger partial charge in [0.05, 0.1) is 16.6 Å². The summed E-state index contributed by atoms with van der Waals surface area (Å²) in [4.78, 5) is 10.4. The van der Waals surface area contributed by atoms with Crippen molar-refractivity contribution >= 4 is 16.8 Å². The molecule has 0 aliphatic heterocycles. The van der Waals surface area contributed by atoms with Gasteiger partial charge in [0.15, 0.2) is 0 Å². The molecule has 0 saturated carbocycles. The molecule has 0 fully saturated rings. The summed E-state index contributed by atoms with van der Waals surface area (Å²) in [6.45, 7) is 0. The van der Waals surface area contributed by atoms with Crippen LogP contribution in [0.15, 0.2) is 16.5 Å². The van der Waals surface area contributed by atoms with Crippen molar-refractivity contribution in [3.8, 4) is 0 Å². The van der Waals surface area contributed by atoms with E-state index in [4.69, 9.17) is 9.52 Å². The SMILES string of the molecule is COCS(=O)Cc1ccc(C(=O)O)o1. The number of carboxylic acids is 1. The Morgan fingerprint density at radius 2 is 2.36 bits per heavy atom. The Bertz CT molecular complexity index is 343. The van der Waals surface area contributed by atoms with E-state index in [1.54, 1.807) is 0 Å². The minimum Gasteiger partial charge on any atom is -0.475 e. The normalized spacial score (nSPS) is 12.6. The molecular weight excluding hydrogens is 208 g/mol. The number of furan rings is 1. The van der Waals surface area contributed by atoms with Crippen molar-refractivity contribution in [2.75, 3.05) is 13.0 Å². The molecule has 0 aliphatic rings. The highest BCUT2D eigenvalue weighted by molar-refractivity contribution is 7.84. The highest BCUT2D eigenvalue weighted by Gasteiger charge is 2.10. The van der Waals surface area contributed by atoms with E-state index in [-0.39, 0.29) is 17.5 Å². The Balaban J connectivity index is 2.59. The van der Waals surface area contributed by atoms with Crippen LogP contribution in [0.1, 0.15) is 16.3 Å². The molecule has 0 amide bonds. The Kier molecular flexibility index (Phi) is 3.84. The van der Waals surface area contributed by atoms with E-state index in [0.29, 0.717) is 5.76 Å². The first-order chi connectivity index (χ1) is 6.63. The van der Waals surface area contributed by atoms with Crippen molar-refractivity contribution in [3.05, 3.63) is 23.7 Å². The second-order valence-corrected chi connectivity index (χ2v) is 3.97. The first kappa shape index (κ1) is 10.9. The fraction of sp³-hybridized carbons (Fsp3) is 0.375. The van der Waals surface area contributed by atoms with Crippen LogP contribution in [0.25, 0.3) is 0 Å². The average Bonchev–Trinajstić information content (AvgIpc) is 2.53. The fourth-order valence-corrected chi connectivity index (χ4v) is 1.72. The van der Waals surface area contributed by atoms with Gasteiger partial charge in [-0.2, -0.15) is 0 Å². The second-order valence-electron chi connectivity index (χ2n) is 2.56. The third kappa shape index (κ3) is 2.97. The molecule has 5 nitrogen and oxygen atoms in total. The van der Waals surface area contributed by atoms with Crippen LogP contribution in [0, 0.1) is 0 Å². The summed E-state index contributed by atoms with van der Waals surface area (Å²) in [6, 6.07) is 2.83. The van der Waals surface area contributed by atoms with Crippen LogP contribution >= 0.6 is 0 Å². The van der Waals surface area contributed by atoms with Gasteiger partial charge in [0, 0.05) is 7.11 Å². The van der Waals surface area contributed by atoms with Crippen LogP contribution < -0.4 is 0 Å². The molecule has 0 aliphatic carbocycles. The van der Waals surface area contributed by atoms with Crippen LogP contribution in [0.2, 0.25) is 0 Å². The zero-order chi connectivity index (χ0) is 10.6. The lowest BCUT2D eigenvalue weighted by atomic mass is 10.4. The van der Waals surface area contributed by atoms with Crippen LogP contribution in [-0.4, -0.2) is 28.3 Å². The highest BCUT2D eigenvalue weighted by Crippen LogP contribution is 2.10. The van der Waals surface area contributed by atoms with E-state index in [0.717, 1.165) is 0 Å². The average molecular weight is 218 g/mol. The number of ether oxygens (including phenoxy) is 1. The van der Waals surface area contributed by atoms with Crippen molar-refractivity contribution in [2.45, 2.75) is 5.75 Å². The number of rotatable bonds is 5. The number of carboxylic acid groups (broad SMARTS) is 1. The monoisotopic (exact) mass is 218 g/mol. The van der Waals surface area contributed by atoms with E-state index < -0.39 is 16.8 Å². The Morgan fingerprint density at radius 1 is 1.64 bits per heavy atom. The summed E-state index contributed by atoms with van der Waals surface area (Å²) in [5, 5.41) is 8.54. The van der Waals surface area contributed by atoms with Gasteiger partial charge >= 0.3 is 5.97 Å². The van der Waals surface area contributed by atoms with Crippen molar-refractivity contribution in [1.29, 1.82) is 0 Å². The van der Waals surface area contributed by atoms with Gasteiger partial charge < -0.3 is 14.3 Å². The molecule has 1 heterocycles. The molecule has 0 spiro atoms. The predicted molar refractivity (Wildman–Crippen MR) is 49.4 cm³/mol. The standard InChI is InChI=1S/C8H10O5S/c1-12-5-14(11)4-6-2-3-7(13-6)8(9)10/h2-3H,4-5H2,1H3,(H,9,10). The molecule has 0 radical (unpaired) electrons. The number of hydrogen-bond donors (Lipinski definition) is 1. The summed E-state index contributed by atoms with van der Waals surface area (Å²) >= 11 is 0. The minimum absolute atomic E-state index is 0.114. The summed E-state index contributed by atoms with van der Waals surface area (Å²) in [6.07, 6.45) is 0. The summed E-state index contributed by atoms with van der Waals surface area (Å²) in [5.74, 6) is -0.606. The third-order valence-corrected chi connectivity index (χ3v) is 2.53. The van der Waals surface area contributed by atoms with E-state index in [1.807, 2.05) is 0 Å². The zero-order valence-electron chi connectivity index (χ0n) is 7.56. The number of hydrogen-bond acceptors (Lipinski definition) is 4. The maximum absolute atomic E-state index is 11.2. The molecule has 1 rings (SSSR count). The van der Waals surface area contributed by atoms with Gasteiger partial charge in [-0.3, -0.25) is 4.21 Å². The smallest absolute Gasteiger partial charge is 0.371 e. The molecule has 6 heteroatoms. The molecule has 78 valence electrons. The summed E-state index contributed by atoms with van der Waals surface area (Å²) in [7, 11) is 0.267. The zero-order valence-corrected chi connectivity index (χ0v) is 8.37. The van der Waals surface area contributed by atoms with Crippen LogP contribution in [0.4, 0.5) is 0 Å². The molecular formula is C8H10O5S. The number of carbonyl (C=O) groups is 1. The van der Waals surface area contributed by atoms with E-state index >= 15 is 0 Å². The quantitative estimate of drug-likeness (QED) is 0.792. The molecule has 1 unspecified atom stereocenters. The lowest BCUT2D eigenvalue weighted by Gasteiger charge is -1.96. The molecule has 1 aromatic rings. The van der Waals surface area contributed by atoms with E-state index in [9.17, 15) is 9.00 Å². The van der Waals surface area contributed by atoms with E-state index in [2.05, 4.69) is 4.74 Å². The molecule has 1 N–H and O–H groups in total. The highest BCUT2D eigenvalue weighted by atomic mass is 32.2. The lowest BCUT2D eigenvalue weighted by molar-refractivity contribution is 0.0661.